The van der Waals surface area contributed by atoms with E-state index in [0.29, 0.717) is 28.0 Å². The summed E-state index contributed by atoms with van der Waals surface area (Å²) >= 11 is 0. The third-order valence-corrected chi connectivity index (χ3v) is 3.85. The Hall–Kier alpha value is -2.83. The molecule has 2 aromatic rings. The molecule has 1 aliphatic rings. The van der Waals surface area contributed by atoms with Gasteiger partial charge in [-0.1, -0.05) is 0 Å². The van der Waals surface area contributed by atoms with Crippen LogP contribution in [0.25, 0.3) is 11.1 Å². The second-order valence-electron chi connectivity index (χ2n) is 5.34. The number of methoxy groups -OCH3 is 1. The molecule has 0 spiro atoms. The smallest absolute Gasteiger partial charge is 0.416 e. The van der Waals surface area contributed by atoms with Gasteiger partial charge in [0.15, 0.2) is 0 Å². The predicted molar refractivity (Wildman–Crippen MR) is 83.2 cm³/mol. The summed E-state index contributed by atoms with van der Waals surface area (Å²) in [6, 6.07) is 6.54. The van der Waals surface area contributed by atoms with E-state index in [1.165, 1.54) is 31.5 Å². The highest BCUT2D eigenvalue weighted by Crippen LogP contribution is 2.40. The monoisotopic (exact) mass is 334 g/mol. The Morgan fingerprint density at radius 2 is 1.96 bits per heavy atom. The van der Waals surface area contributed by atoms with E-state index in [1.54, 1.807) is 0 Å². The van der Waals surface area contributed by atoms with E-state index in [-0.39, 0.29) is 12.1 Å². The van der Waals surface area contributed by atoms with Crippen LogP contribution in [0.15, 0.2) is 35.3 Å². The maximum atomic E-state index is 13.2. The second-order valence-corrected chi connectivity index (χ2v) is 5.34. The number of hydrogen-bond donors (Lipinski definition) is 1. The van der Waals surface area contributed by atoms with E-state index in [9.17, 15) is 18.0 Å². The van der Waals surface area contributed by atoms with Crippen molar-refractivity contribution in [2.24, 2.45) is 10.7 Å². The molecule has 0 atom stereocenters. The van der Waals surface area contributed by atoms with Gasteiger partial charge in [0.25, 0.3) is 0 Å². The van der Waals surface area contributed by atoms with E-state index in [1.807, 2.05) is 0 Å². The molecule has 0 radical (unpaired) electrons. The van der Waals surface area contributed by atoms with E-state index >= 15 is 0 Å². The molecule has 1 amide bonds. The Morgan fingerprint density at radius 3 is 2.58 bits per heavy atom. The SMILES string of the molecule is COc1ccc(C(N)=O)cc1-c1cc(C(F)(F)F)cc2c1C=NC2. The fourth-order valence-electron chi connectivity index (χ4n) is 2.69. The van der Waals surface area contributed by atoms with Crippen LogP contribution in [0.2, 0.25) is 0 Å². The molecular weight excluding hydrogens is 321 g/mol. The Bertz CT molecular complexity index is 858. The summed E-state index contributed by atoms with van der Waals surface area (Å²) in [4.78, 5) is 15.5. The van der Waals surface area contributed by atoms with Crippen LogP contribution in [0, 0.1) is 0 Å². The number of benzene rings is 2. The Kier molecular flexibility index (Phi) is 3.79. The van der Waals surface area contributed by atoms with Crippen LogP contribution >= 0.6 is 0 Å². The molecule has 3 rings (SSSR count). The number of alkyl halides is 3. The highest BCUT2D eigenvalue weighted by atomic mass is 19.4. The van der Waals surface area contributed by atoms with Crippen molar-refractivity contribution in [2.45, 2.75) is 12.7 Å². The molecular formula is C17H13F3N2O2. The second kappa shape index (κ2) is 5.67. The first kappa shape index (κ1) is 16.0. The molecule has 1 heterocycles. The minimum Gasteiger partial charge on any atom is -0.496 e. The van der Waals surface area contributed by atoms with E-state index < -0.39 is 17.6 Å². The van der Waals surface area contributed by atoms with Gasteiger partial charge in [-0.05, 0) is 41.5 Å². The number of aliphatic imine (C=N–C) groups is 1. The van der Waals surface area contributed by atoms with Crippen molar-refractivity contribution in [3.8, 4) is 16.9 Å². The zero-order chi connectivity index (χ0) is 17.5. The number of primary amides is 1. The summed E-state index contributed by atoms with van der Waals surface area (Å²) < 4.78 is 44.8. The first-order valence-corrected chi connectivity index (χ1v) is 7.03. The molecule has 0 saturated heterocycles. The lowest BCUT2D eigenvalue weighted by Crippen LogP contribution is -2.11. The predicted octanol–water partition coefficient (Wildman–Crippen LogP) is 3.41. The molecule has 1 aliphatic heterocycles. The lowest BCUT2D eigenvalue weighted by molar-refractivity contribution is -0.137. The molecule has 0 unspecified atom stereocenters. The van der Waals surface area contributed by atoms with Crippen LogP contribution in [-0.2, 0) is 12.7 Å². The number of carbonyl (C=O) groups excluding carboxylic acids is 1. The molecule has 124 valence electrons. The standard InChI is InChI=1S/C17H13F3N2O2/c1-24-15-3-2-9(16(21)23)5-13(15)12-6-11(17(18,19)20)4-10-7-22-8-14(10)12/h2-6,8H,7H2,1H3,(H2,21,23). The van der Waals surface area contributed by atoms with Gasteiger partial charge in [0.1, 0.15) is 5.75 Å². The van der Waals surface area contributed by atoms with Gasteiger partial charge in [-0.2, -0.15) is 13.2 Å². The maximum absolute atomic E-state index is 13.2. The van der Waals surface area contributed by atoms with Gasteiger partial charge in [-0.25, -0.2) is 0 Å². The molecule has 0 bridgehead atoms. The first-order chi connectivity index (χ1) is 11.3. The number of halogens is 3. The summed E-state index contributed by atoms with van der Waals surface area (Å²) in [6.45, 7) is 0.185. The number of fused-ring (bicyclic) bond motifs is 1. The lowest BCUT2D eigenvalue weighted by Gasteiger charge is -2.16. The minimum atomic E-state index is -4.49. The number of nitrogens with zero attached hydrogens (tertiary/aromatic N) is 1. The van der Waals surface area contributed by atoms with Crippen molar-refractivity contribution < 1.29 is 22.7 Å². The topological polar surface area (TPSA) is 64.7 Å². The van der Waals surface area contributed by atoms with Gasteiger partial charge < -0.3 is 10.5 Å². The third-order valence-electron chi connectivity index (χ3n) is 3.85. The lowest BCUT2D eigenvalue weighted by atomic mass is 9.92. The van der Waals surface area contributed by atoms with Crippen LogP contribution in [0.3, 0.4) is 0 Å². The summed E-state index contributed by atoms with van der Waals surface area (Å²) in [7, 11) is 1.41. The molecule has 24 heavy (non-hydrogen) atoms. The summed E-state index contributed by atoms with van der Waals surface area (Å²) in [5.74, 6) is -0.321. The Morgan fingerprint density at radius 1 is 1.21 bits per heavy atom. The third kappa shape index (κ3) is 2.73. The van der Waals surface area contributed by atoms with Gasteiger partial charge in [0.2, 0.25) is 5.91 Å². The van der Waals surface area contributed by atoms with Crippen LogP contribution in [0.1, 0.15) is 27.0 Å². The van der Waals surface area contributed by atoms with Crippen molar-refractivity contribution in [2.75, 3.05) is 7.11 Å². The van der Waals surface area contributed by atoms with Crippen molar-refractivity contribution >= 4 is 12.1 Å². The molecule has 0 saturated carbocycles. The van der Waals surface area contributed by atoms with E-state index in [4.69, 9.17) is 10.5 Å². The first-order valence-electron chi connectivity index (χ1n) is 7.03. The molecule has 0 fully saturated rings. The molecule has 2 aromatic carbocycles. The Balaban J connectivity index is 2.29. The van der Waals surface area contributed by atoms with Crippen LogP contribution in [-0.4, -0.2) is 19.2 Å². The van der Waals surface area contributed by atoms with Crippen molar-refractivity contribution in [3.63, 3.8) is 0 Å². The number of hydrogen-bond acceptors (Lipinski definition) is 3. The molecule has 0 aromatic heterocycles. The average Bonchev–Trinajstić information content (AvgIpc) is 3.00. The highest BCUT2D eigenvalue weighted by molar-refractivity contribution is 5.99. The normalized spacial score (nSPS) is 13.0. The molecule has 4 nitrogen and oxygen atoms in total. The summed E-state index contributed by atoms with van der Waals surface area (Å²) in [5.41, 5.74) is 6.43. The zero-order valence-corrected chi connectivity index (χ0v) is 12.6. The highest BCUT2D eigenvalue weighted by Gasteiger charge is 2.33. The van der Waals surface area contributed by atoms with Gasteiger partial charge in [-0.3, -0.25) is 9.79 Å². The largest absolute Gasteiger partial charge is 0.496 e. The van der Waals surface area contributed by atoms with E-state index in [0.717, 1.165) is 12.1 Å². The minimum absolute atomic E-state index is 0.185. The fourth-order valence-corrected chi connectivity index (χ4v) is 2.69. The fraction of sp³-hybridized carbons (Fsp3) is 0.176. The van der Waals surface area contributed by atoms with Crippen molar-refractivity contribution in [3.05, 3.63) is 52.6 Å². The molecule has 7 heteroatoms. The zero-order valence-electron chi connectivity index (χ0n) is 12.6. The molecule has 0 aliphatic carbocycles. The summed E-state index contributed by atoms with van der Waals surface area (Å²) in [6.07, 6.45) is -2.96. The molecule has 2 N–H and O–H groups in total. The number of rotatable bonds is 3. The van der Waals surface area contributed by atoms with Crippen molar-refractivity contribution in [1.29, 1.82) is 0 Å². The van der Waals surface area contributed by atoms with E-state index in [2.05, 4.69) is 4.99 Å². The van der Waals surface area contributed by atoms with Gasteiger partial charge >= 0.3 is 6.18 Å². The van der Waals surface area contributed by atoms with Crippen LogP contribution in [0.5, 0.6) is 5.75 Å². The number of amides is 1. The summed E-state index contributed by atoms with van der Waals surface area (Å²) in [5, 5.41) is 0. The van der Waals surface area contributed by atoms with Gasteiger partial charge in [-0.15, -0.1) is 0 Å². The average molecular weight is 334 g/mol. The Labute approximate surface area is 135 Å². The number of ether oxygens (including phenoxy) is 1. The van der Waals surface area contributed by atoms with Gasteiger partial charge in [0.05, 0.1) is 19.2 Å². The van der Waals surface area contributed by atoms with Crippen molar-refractivity contribution in [1.82, 2.24) is 0 Å². The van der Waals surface area contributed by atoms with Gasteiger partial charge in [0, 0.05) is 22.9 Å². The van der Waals surface area contributed by atoms with Crippen LogP contribution in [0.4, 0.5) is 13.2 Å². The van der Waals surface area contributed by atoms with Crippen LogP contribution < -0.4 is 10.5 Å². The number of carbonyl (C=O) groups is 1. The number of nitrogens with two attached hydrogens (primary N) is 1. The maximum Gasteiger partial charge on any atom is 0.416 e. The quantitative estimate of drug-likeness (QED) is 0.935.